The second kappa shape index (κ2) is 10.9. The molecule has 0 saturated carbocycles. The Labute approximate surface area is 228 Å². The average molecular weight is 578 g/mol. The van der Waals surface area contributed by atoms with Crippen molar-refractivity contribution in [2.75, 3.05) is 36.4 Å². The van der Waals surface area contributed by atoms with E-state index in [0.29, 0.717) is 40.7 Å². The number of halogens is 1. The molecule has 3 aromatic carbocycles. The lowest BCUT2D eigenvalue weighted by molar-refractivity contribution is -0.116. The molecule has 1 N–H and O–H groups in total. The Morgan fingerprint density at radius 1 is 1.03 bits per heavy atom. The van der Waals surface area contributed by atoms with Crippen molar-refractivity contribution < 1.29 is 26.4 Å². The standard InChI is InChI=1S/C26H28ClN3O6S2/c1-4-36-25-12-11-23(15-18(25)2)37(32,33)29(3)17-26(31)28-21-8-5-19-13-14-30(24(19)16-21)38(34,35)22-9-6-20(27)7-10-22/h5-12,15-16H,4,13-14,17H2,1-3H3,(H,28,31). The highest BCUT2D eigenvalue weighted by Crippen LogP contribution is 2.35. The molecule has 0 atom stereocenters. The van der Waals surface area contributed by atoms with E-state index in [1.54, 1.807) is 31.2 Å². The summed E-state index contributed by atoms with van der Waals surface area (Å²) in [4.78, 5) is 12.9. The summed E-state index contributed by atoms with van der Waals surface area (Å²) in [5.41, 5.74) is 2.31. The smallest absolute Gasteiger partial charge is 0.264 e. The molecule has 12 heteroatoms. The van der Waals surface area contributed by atoms with E-state index in [0.717, 1.165) is 9.87 Å². The summed E-state index contributed by atoms with van der Waals surface area (Å²) in [5.74, 6) is 0.0272. The van der Waals surface area contributed by atoms with Gasteiger partial charge in [-0.25, -0.2) is 16.8 Å². The maximum absolute atomic E-state index is 13.2. The lowest BCUT2D eigenvalue weighted by atomic mass is 10.1. The lowest BCUT2D eigenvalue weighted by Gasteiger charge is -2.21. The van der Waals surface area contributed by atoms with Crippen molar-refractivity contribution in [2.24, 2.45) is 0 Å². The number of anilines is 2. The first-order valence-corrected chi connectivity index (χ1v) is 15.1. The molecule has 0 bridgehead atoms. The molecule has 0 spiro atoms. The van der Waals surface area contributed by atoms with Gasteiger partial charge in [0.05, 0.1) is 28.6 Å². The first-order valence-electron chi connectivity index (χ1n) is 11.8. The molecule has 0 fully saturated rings. The quantitative estimate of drug-likeness (QED) is 0.410. The number of likely N-dealkylation sites (N-methyl/N-ethyl adjacent to an activating group) is 1. The molecule has 1 aliphatic rings. The number of ether oxygens (including phenoxy) is 1. The molecule has 3 aromatic rings. The Hall–Kier alpha value is -3.12. The van der Waals surface area contributed by atoms with Gasteiger partial charge in [0.15, 0.2) is 0 Å². The van der Waals surface area contributed by atoms with Crippen molar-refractivity contribution in [3.05, 3.63) is 76.8 Å². The van der Waals surface area contributed by atoms with E-state index in [1.807, 2.05) is 6.92 Å². The van der Waals surface area contributed by atoms with Crippen molar-refractivity contribution in [1.82, 2.24) is 4.31 Å². The van der Waals surface area contributed by atoms with Crippen LogP contribution >= 0.6 is 11.6 Å². The summed E-state index contributed by atoms with van der Waals surface area (Å²) in [6, 6.07) is 15.5. The first-order chi connectivity index (χ1) is 17.9. The van der Waals surface area contributed by atoms with Crippen LogP contribution in [0.5, 0.6) is 5.75 Å². The van der Waals surface area contributed by atoms with E-state index in [1.165, 1.54) is 47.8 Å². The van der Waals surface area contributed by atoms with E-state index < -0.39 is 32.5 Å². The van der Waals surface area contributed by atoms with Crippen LogP contribution in [0.1, 0.15) is 18.1 Å². The molecule has 38 heavy (non-hydrogen) atoms. The molecule has 0 aromatic heterocycles. The molecule has 9 nitrogen and oxygen atoms in total. The molecular weight excluding hydrogens is 550 g/mol. The number of rotatable bonds is 9. The number of benzene rings is 3. The number of hydrogen-bond donors (Lipinski definition) is 1. The zero-order chi connectivity index (χ0) is 27.7. The van der Waals surface area contributed by atoms with Gasteiger partial charge in [0.1, 0.15) is 5.75 Å². The Morgan fingerprint density at radius 2 is 1.71 bits per heavy atom. The number of carbonyl (C=O) groups is 1. The predicted molar refractivity (Wildman–Crippen MR) is 147 cm³/mol. The van der Waals surface area contributed by atoms with Gasteiger partial charge in [0, 0.05) is 24.3 Å². The number of sulfonamides is 2. The minimum Gasteiger partial charge on any atom is -0.494 e. The number of hydrogen-bond acceptors (Lipinski definition) is 6. The van der Waals surface area contributed by atoms with Gasteiger partial charge in [-0.15, -0.1) is 0 Å². The van der Waals surface area contributed by atoms with Gasteiger partial charge in [-0.3, -0.25) is 9.10 Å². The molecule has 1 heterocycles. The fourth-order valence-electron chi connectivity index (χ4n) is 4.18. The summed E-state index contributed by atoms with van der Waals surface area (Å²) in [6.45, 7) is 3.88. The van der Waals surface area contributed by atoms with E-state index in [9.17, 15) is 21.6 Å². The molecule has 1 amide bonds. The average Bonchev–Trinajstić information content (AvgIpc) is 3.29. The Balaban J connectivity index is 1.48. The maximum Gasteiger partial charge on any atom is 0.264 e. The normalized spacial score (nSPS) is 13.4. The van der Waals surface area contributed by atoms with Crippen LogP contribution in [0.4, 0.5) is 11.4 Å². The van der Waals surface area contributed by atoms with Crippen LogP contribution in [0, 0.1) is 6.92 Å². The van der Waals surface area contributed by atoms with Crippen LogP contribution in [0.3, 0.4) is 0 Å². The van der Waals surface area contributed by atoms with Crippen molar-refractivity contribution in [2.45, 2.75) is 30.1 Å². The number of nitrogens with one attached hydrogen (secondary N) is 1. The SMILES string of the molecule is CCOc1ccc(S(=O)(=O)N(C)CC(=O)Nc2ccc3c(c2)N(S(=O)(=O)c2ccc(Cl)cc2)CC3)cc1C. The number of aryl methyl sites for hydroxylation is 1. The van der Waals surface area contributed by atoms with Crippen LogP contribution in [-0.4, -0.2) is 53.8 Å². The molecule has 4 rings (SSSR count). The lowest BCUT2D eigenvalue weighted by Crippen LogP contribution is -2.35. The largest absolute Gasteiger partial charge is 0.494 e. The Bertz CT molecular complexity index is 1570. The first kappa shape index (κ1) is 27.9. The fraction of sp³-hybridized carbons (Fsp3) is 0.269. The van der Waals surface area contributed by atoms with Crippen molar-refractivity contribution >= 4 is 48.9 Å². The third-order valence-electron chi connectivity index (χ3n) is 6.14. The zero-order valence-corrected chi connectivity index (χ0v) is 23.5. The van der Waals surface area contributed by atoms with Crippen LogP contribution in [0.2, 0.25) is 5.02 Å². The van der Waals surface area contributed by atoms with Crippen LogP contribution in [0.15, 0.2) is 70.5 Å². The molecule has 1 aliphatic heterocycles. The van der Waals surface area contributed by atoms with Crippen molar-refractivity contribution in [3.63, 3.8) is 0 Å². The minimum absolute atomic E-state index is 0.0503. The highest BCUT2D eigenvalue weighted by molar-refractivity contribution is 7.92. The second-order valence-corrected chi connectivity index (χ2v) is 13.1. The predicted octanol–water partition coefficient (Wildman–Crippen LogP) is 4.06. The monoisotopic (exact) mass is 577 g/mol. The van der Waals surface area contributed by atoms with Gasteiger partial charge in [-0.05, 0) is 86.0 Å². The van der Waals surface area contributed by atoms with E-state index >= 15 is 0 Å². The van der Waals surface area contributed by atoms with Gasteiger partial charge in [-0.1, -0.05) is 17.7 Å². The van der Waals surface area contributed by atoms with Crippen LogP contribution < -0.4 is 14.4 Å². The molecule has 0 aliphatic carbocycles. The topological polar surface area (TPSA) is 113 Å². The molecule has 0 unspecified atom stereocenters. The Morgan fingerprint density at radius 3 is 2.37 bits per heavy atom. The van der Waals surface area contributed by atoms with Crippen LogP contribution in [0.25, 0.3) is 0 Å². The summed E-state index contributed by atoms with van der Waals surface area (Å²) in [6.07, 6.45) is 0.527. The zero-order valence-electron chi connectivity index (χ0n) is 21.1. The number of carbonyl (C=O) groups excluding carboxylic acids is 1. The highest BCUT2D eigenvalue weighted by atomic mass is 35.5. The summed E-state index contributed by atoms with van der Waals surface area (Å²) in [7, 11) is -6.44. The van der Waals surface area contributed by atoms with Gasteiger partial charge >= 0.3 is 0 Å². The molecule has 0 radical (unpaired) electrons. The fourth-order valence-corrected chi connectivity index (χ4v) is 7.01. The Kier molecular flexibility index (Phi) is 8.03. The highest BCUT2D eigenvalue weighted by Gasteiger charge is 2.31. The third kappa shape index (κ3) is 5.65. The summed E-state index contributed by atoms with van der Waals surface area (Å²) >= 11 is 5.90. The summed E-state index contributed by atoms with van der Waals surface area (Å²) < 4.78 is 60.2. The van der Waals surface area contributed by atoms with Crippen molar-refractivity contribution in [3.8, 4) is 5.75 Å². The van der Waals surface area contributed by atoms with E-state index in [4.69, 9.17) is 16.3 Å². The van der Waals surface area contributed by atoms with E-state index in [-0.39, 0.29) is 16.3 Å². The number of nitrogens with zero attached hydrogens (tertiary/aromatic N) is 2. The van der Waals surface area contributed by atoms with Gasteiger partial charge in [0.25, 0.3) is 10.0 Å². The number of fused-ring (bicyclic) bond motifs is 1. The number of amides is 1. The minimum atomic E-state index is -3.93. The second-order valence-electron chi connectivity index (χ2n) is 8.79. The van der Waals surface area contributed by atoms with Gasteiger partial charge in [0.2, 0.25) is 15.9 Å². The molecule has 202 valence electrons. The van der Waals surface area contributed by atoms with Crippen LogP contribution in [-0.2, 0) is 31.3 Å². The molecular formula is C26H28ClN3O6S2. The van der Waals surface area contributed by atoms with Gasteiger partial charge < -0.3 is 10.1 Å². The van der Waals surface area contributed by atoms with Gasteiger partial charge in [-0.2, -0.15) is 4.31 Å². The maximum atomic E-state index is 13.2. The molecule has 0 saturated heterocycles. The van der Waals surface area contributed by atoms with E-state index in [2.05, 4.69) is 5.32 Å². The third-order valence-corrected chi connectivity index (χ3v) is 10.0. The van der Waals surface area contributed by atoms with Crippen molar-refractivity contribution in [1.29, 1.82) is 0 Å². The summed E-state index contributed by atoms with van der Waals surface area (Å²) in [5, 5.41) is 3.11.